The normalized spacial score (nSPS) is 14.2. The van der Waals surface area contributed by atoms with Crippen LogP contribution in [-0.2, 0) is 19.6 Å². The van der Waals surface area contributed by atoms with Gasteiger partial charge in [-0.25, -0.2) is 18.2 Å². The minimum Gasteiger partial charge on any atom is -0.463 e. The fourth-order valence-electron chi connectivity index (χ4n) is 2.53. The maximum atomic E-state index is 13.1. The van der Waals surface area contributed by atoms with Crippen LogP contribution in [0.3, 0.4) is 0 Å². The first kappa shape index (κ1) is 20.5. The van der Waals surface area contributed by atoms with Crippen molar-refractivity contribution < 1.29 is 17.9 Å². The number of likely N-dealkylation sites (N-methyl/N-ethyl adjacent to an activating group) is 1. The molecule has 0 fully saturated rings. The van der Waals surface area contributed by atoms with Crippen molar-refractivity contribution in [3.05, 3.63) is 35.9 Å². The van der Waals surface area contributed by atoms with Gasteiger partial charge in [0.2, 0.25) is 4.34 Å². The molecule has 0 aliphatic carbocycles. The van der Waals surface area contributed by atoms with Gasteiger partial charge in [-0.1, -0.05) is 32.1 Å². The Kier molecular flexibility index (Phi) is 6.54. The van der Waals surface area contributed by atoms with E-state index in [0.29, 0.717) is 11.1 Å². The molecule has 0 radical (unpaired) electrons. The Morgan fingerprint density at radius 3 is 2.58 bits per heavy atom. The van der Waals surface area contributed by atoms with Crippen LogP contribution in [-0.4, -0.2) is 43.4 Å². The van der Waals surface area contributed by atoms with E-state index < -0.39 is 22.0 Å². The molecule has 1 heterocycles. The second-order valence-electron chi connectivity index (χ2n) is 6.27. The van der Waals surface area contributed by atoms with Gasteiger partial charge < -0.3 is 4.74 Å². The van der Waals surface area contributed by atoms with Crippen molar-refractivity contribution >= 4 is 37.5 Å². The number of benzene rings is 1. The van der Waals surface area contributed by atoms with Gasteiger partial charge in [0.1, 0.15) is 0 Å². The number of ether oxygens (including phenoxy) is 1. The maximum Gasteiger partial charge on any atom is 0.333 e. The molecule has 0 N–H and O–H groups in total. The van der Waals surface area contributed by atoms with E-state index >= 15 is 0 Å². The molecule has 1 atom stereocenters. The summed E-state index contributed by atoms with van der Waals surface area (Å²) in [6.45, 7) is 7.45. The molecule has 0 saturated heterocycles. The summed E-state index contributed by atoms with van der Waals surface area (Å²) in [5.41, 5.74) is 1.04. The summed E-state index contributed by atoms with van der Waals surface area (Å²) in [6.07, 6.45) is 1.65. The Balaban J connectivity index is 2.39. The van der Waals surface area contributed by atoms with Crippen LogP contribution in [0.4, 0.5) is 0 Å². The predicted octanol–water partition coefficient (Wildman–Crippen LogP) is 3.45. The highest BCUT2D eigenvalue weighted by Gasteiger charge is 2.32. The quantitative estimate of drug-likeness (QED) is 0.529. The van der Waals surface area contributed by atoms with E-state index in [1.165, 1.54) is 11.4 Å². The molecule has 2 rings (SSSR count). The molecule has 0 aliphatic rings. The monoisotopic (exact) mass is 396 g/mol. The molecule has 0 amide bonds. The Bertz CT molecular complexity index is 883. The molecule has 2 aromatic rings. The van der Waals surface area contributed by atoms with Crippen molar-refractivity contribution in [3.8, 4) is 0 Å². The fraction of sp³-hybridized carbons (Fsp3) is 0.444. The number of hydrogen-bond donors (Lipinski definition) is 0. The number of carbonyl (C=O) groups is 1. The highest BCUT2D eigenvalue weighted by atomic mass is 32.2. The number of sulfonamides is 1. The van der Waals surface area contributed by atoms with E-state index in [9.17, 15) is 13.2 Å². The average Bonchev–Trinajstić information content (AvgIpc) is 3.03. The van der Waals surface area contributed by atoms with Gasteiger partial charge >= 0.3 is 5.97 Å². The maximum absolute atomic E-state index is 13.1. The van der Waals surface area contributed by atoms with Gasteiger partial charge in [0.25, 0.3) is 10.0 Å². The van der Waals surface area contributed by atoms with E-state index in [1.54, 1.807) is 26.0 Å². The lowest BCUT2D eigenvalue weighted by atomic mass is 10.0. The molecule has 0 saturated carbocycles. The lowest BCUT2D eigenvalue weighted by Crippen LogP contribution is -2.39. The summed E-state index contributed by atoms with van der Waals surface area (Å²) in [5.74, 6) is -0.475. The first-order valence-electron chi connectivity index (χ1n) is 8.37. The number of rotatable bonds is 7. The highest BCUT2D eigenvalue weighted by molar-refractivity contribution is 7.91. The topological polar surface area (TPSA) is 76.6 Å². The van der Waals surface area contributed by atoms with Crippen molar-refractivity contribution in [1.82, 2.24) is 9.29 Å². The highest BCUT2D eigenvalue weighted by Crippen LogP contribution is 2.29. The van der Waals surface area contributed by atoms with Crippen molar-refractivity contribution in [3.63, 3.8) is 0 Å². The second-order valence-corrected chi connectivity index (χ2v) is 9.48. The number of para-hydroxylation sites is 1. The molecule has 8 heteroatoms. The minimum atomic E-state index is -3.78. The lowest BCUT2D eigenvalue weighted by Gasteiger charge is -2.27. The van der Waals surface area contributed by atoms with Crippen molar-refractivity contribution in [2.45, 2.75) is 38.1 Å². The van der Waals surface area contributed by atoms with E-state index in [2.05, 4.69) is 4.98 Å². The molecule has 0 unspecified atom stereocenters. The van der Waals surface area contributed by atoms with Gasteiger partial charge in [0.05, 0.1) is 16.8 Å². The van der Waals surface area contributed by atoms with Gasteiger partial charge in [-0.05, 0) is 31.9 Å². The summed E-state index contributed by atoms with van der Waals surface area (Å²) in [7, 11) is -2.27. The van der Waals surface area contributed by atoms with Crippen LogP contribution in [0, 0.1) is 5.92 Å². The smallest absolute Gasteiger partial charge is 0.333 e. The van der Waals surface area contributed by atoms with Crippen LogP contribution in [0.2, 0.25) is 0 Å². The van der Waals surface area contributed by atoms with Gasteiger partial charge in [-0.15, -0.1) is 11.3 Å². The van der Waals surface area contributed by atoms with E-state index in [4.69, 9.17) is 4.74 Å². The summed E-state index contributed by atoms with van der Waals surface area (Å²) < 4.78 is 33.2. The Labute approximate surface area is 158 Å². The third-order valence-corrected chi connectivity index (χ3v) is 7.24. The van der Waals surface area contributed by atoms with Crippen molar-refractivity contribution in [2.24, 2.45) is 5.92 Å². The molecule has 26 heavy (non-hydrogen) atoms. The number of aromatic nitrogens is 1. The molecule has 1 aromatic carbocycles. The molecule has 6 nitrogen and oxygen atoms in total. The molecule has 142 valence electrons. The van der Waals surface area contributed by atoms with Crippen LogP contribution in [0.1, 0.15) is 27.7 Å². The Morgan fingerprint density at radius 2 is 2.00 bits per heavy atom. The first-order valence-corrected chi connectivity index (χ1v) is 10.6. The fourth-order valence-corrected chi connectivity index (χ4v) is 5.36. The SMILES string of the molecule is CCOC(=O)/C(C)=C/[C@H](C(C)C)N(C)S(=O)(=O)c1nc2ccccc2s1. The molecule has 0 aliphatic heterocycles. The summed E-state index contributed by atoms with van der Waals surface area (Å²) in [4.78, 5) is 16.2. The zero-order valence-corrected chi connectivity index (χ0v) is 17.2. The Hall–Kier alpha value is -1.77. The largest absolute Gasteiger partial charge is 0.463 e. The molecular formula is C18H24N2O4S2. The van der Waals surface area contributed by atoms with Crippen molar-refractivity contribution in [2.75, 3.05) is 13.7 Å². The number of nitrogens with zero attached hydrogens (tertiary/aromatic N) is 2. The van der Waals surface area contributed by atoms with Gasteiger partial charge in [0.15, 0.2) is 0 Å². The number of thiazole rings is 1. The van der Waals surface area contributed by atoms with Gasteiger partial charge in [-0.2, -0.15) is 4.31 Å². The van der Waals surface area contributed by atoms with Crippen LogP contribution in [0.5, 0.6) is 0 Å². The van der Waals surface area contributed by atoms with Crippen LogP contribution < -0.4 is 0 Å². The zero-order valence-electron chi connectivity index (χ0n) is 15.6. The summed E-state index contributed by atoms with van der Waals surface area (Å²) in [6, 6.07) is 6.82. The van der Waals surface area contributed by atoms with E-state index in [0.717, 1.165) is 16.0 Å². The molecular weight excluding hydrogens is 372 g/mol. The van der Waals surface area contributed by atoms with Crippen molar-refractivity contribution in [1.29, 1.82) is 0 Å². The van der Waals surface area contributed by atoms with Gasteiger partial charge in [-0.3, -0.25) is 0 Å². The first-order chi connectivity index (χ1) is 12.2. The minimum absolute atomic E-state index is 0.0338. The average molecular weight is 397 g/mol. The number of esters is 1. The zero-order chi connectivity index (χ0) is 19.5. The van der Waals surface area contributed by atoms with Crippen LogP contribution in [0.15, 0.2) is 40.3 Å². The number of hydrogen-bond acceptors (Lipinski definition) is 6. The van der Waals surface area contributed by atoms with Crippen LogP contribution in [0.25, 0.3) is 10.2 Å². The summed E-state index contributed by atoms with van der Waals surface area (Å²) >= 11 is 1.14. The predicted molar refractivity (Wildman–Crippen MR) is 104 cm³/mol. The third-order valence-electron chi connectivity index (χ3n) is 4.00. The van der Waals surface area contributed by atoms with Crippen LogP contribution >= 0.6 is 11.3 Å². The van der Waals surface area contributed by atoms with E-state index in [-0.39, 0.29) is 16.9 Å². The molecule has 0 bridgehead atoms. The molecule has 0 spiro atoms. The molecule has 1 aromatic heterocycles. The second kappa shape index (κ2) is 8.28. The Morgan fingerprint density at radius 1 is 1.35 bits per heavy atom. The number of carbonyl (C=O) groups excluding carboxylic acids is 1. The third kappa shape index (κ3) is 4.31. The number of fused-ring (bicyclic) bond motifs is 1. The van der Waals surface area contributed by atoms with E-state index in [1.807, 2.05) is 32.0 Å². The lowest BCUT2D eigenvalue weighted by molar-refractivity contribution is -0.138. The standard InChI is InChI=1S/C18H24N2O4S2/c1-6-24-17(21)13(4)11-15(12(2)3)20(5)26(22,23)18-19-14-9-7-8-10-16(14)25-18/h7-12,15H,6H2,1-5H3/b13-11+/t15-/m1/s1. The summed E-state index contributed by atoms with van der Waals surface area (Å²) in [5, 5.41) is 0. The van der Waals surface area contributed by atoms with Gasteiger partial charge in [0, 0.05) is 18.7 Å².